The van der Waals surface area contributed by atoms with Gasteiger partial charge in [-0.2, -0.15) is 13.2 Å². The summed E-state index contributed by atoms with van der Waals surface area (Å²) in [4.78, 5) is 28.8. The molecule has 0 unspecified atom stereocenters. The highest BCUT2D eigenvalue weighted by molar-refractivity contribution is 5.85. The number of nitrogens with zero attached hydrogens (tertiary/aromatic N) is 7. The number of halogens is 3. The Morgan fingerprint density at radius 2 is 1.93 bits per heavy atom. The summed E-state index contributed by atoms with van der Waals surface area (Å²) in [6.45, 7) is 3.89. The van der Waals surface area contributed by atoms with Crippen LogP contribution in [0.25, 0.3) is 33.9 Å². The van der Waals surface area contributed by atoms with Gasteiger partial charge in [-0.25, -0.2) is 29.9 Å². The number of ether oxygens (including phenoxy) is 1. The lowest BCUT2D eigenvalue weighted by Crippen LogP contribution is -2.07. The number of alkyl halides is 3. The van der Waals surface area contributed by atoms with E-state index in [-0.39, 0.29) is 29.5 Å². The van der Waals surface area contributed by atoms with E-state index < -0.39 is 18.9 Å². The number of aromatic nitrogens is 8. The molecule has 0 spiro atoms. The lowest BCUT2D eigenvalue weighted by atomic mass is 10.1. The van der Waals surface area contributed by atoms with E-state index in [1.54, 1.807) is 38.1 Å². The highest BCUT2D eigenvalue weighted by Crippen LogP contribution is 2.45. The van der Waals surface area contributed by atoms with E-state index in [1.807, 2.05) is 0 Å². The SMILES string of the molecule is [2H]C([2H])([2H])Oc1ncnc(C2CC2)c1-c1nc(NCc2ccc(-c3nc(C(F)(F)F)cn3C(C)C)cc2)c2[nH]cnc2n1. The lowest BCUT2D eigenvalue weighted by Gasteiger charge is -2.13. The first-order valence-electron chi connectivity index (χ1n) is 14.1. The second-order valence-electron chi connectivity index (χ2n) is 9.81. The number of fused-ring (bicyclic) bond motifs is 1. The van der Waals surface area contributed by atoms with Crippen molar-refractivity contribution in [1.29, 1.82) is 0 Å². The van der Waals surface area contributed by atoms with E-state index in [4.69, 9.17) is 8.85 Å². The summed E-state index contributed by atoms with van der Waals surface area (Å²) in [5, 5.41) is 3.26. The molecule has 6 rings (SSSR count). The van der Waals surface area contributed by atoms with Gasteiger partial charge >= 0.3 is 6.18 Å². The van der Waals surface area contributed by atoms with Gasteiger partial charge in [0, 0.05) is 30.3 Å². The topological polar surface area (TPSA) is 119 Å². The Hall–Kier alpha value is -4.55. The average Bonchev–Trinajstić information content (AvgIpc) is 3.48. The summed E-state index contributed by atoms with van der Waals surface area (Å²) in [6, 6.07) is 6.80. The molecule has 0 saturated heterocycles. The summed E-state index contributed by atoms with van der Waals surface area (Å²) in [5.74, 6) is 0.774. The third-order valence-corrected chi connectivity index (χ3v) is 6.66. The molecule has 5 aromatic rings. The van der Waals surface area contributed by atoms with E-state index >= 15 is 0 Å². The normalized spacial score (nSPS) is 15.2. The van der Waals surface area contributed by atoms with Crippen LogP contribution in [0.2, 0.25) is 0 Å². The van der Waals surface area contributed by atoms with E-state index in [9.17, 15) is 13.2 Å². The van der Waals surface area contributed by atoms with Crippen LogP contribution in [0.5, 0.6) is 5.88 Å². The van der Waals surface area contributed by atoms with E-state index in [2.05, 4.69) is 40.2 Å². The third-order valence-electron chi connectivity index (χ3n) is 6.66. The van der Waals surface area contributed by atoms with E-state index in [0.717, 1.165) is 24.6 Å². The fourth-order valence-corrected chi connectivity index (χ4v) is 4.50. The first kappa shape index (κ1) is 22.3. The number of H-pyrrole nitrogens is 1. The van der Waals surface area contributed by atoms with Gasteiger partial charge in [0.15, 0.2) is 23.0 Å². The van der Waals surface area contributed by atoms with Crippen LogP contribution >= 0.6 is 0 Å². The van der Waals surface area contributed by atoms with Crippen molar-refractivity contribution in [2.24, 2.45) is 0 Å². The van der Waals surface area contributed by atoms with Crippen molar-refractivity contribution >= 4 is 17.0 Å². The number of methoxy groups -OCH3 is 1. The van der Waals surface area contributed by atoms with Gasteiger partial charge < -0.3 is 19.6 Å². The third kappa shape index (κ3) is 4.82. The van der Waals surface area contributed by atoms with Crippen molar-refractivity contribution in [3.63, 3.8) is 0 Å². The first-order valence-corrected chi connectivity index (χ1v) is 12.6. The minimum absolute atomic E-state index is 0.115. The second-order valence-corrected chi connectivity index (χ2v) is 9.81. The van der Waals surface area contributed by atoms with Gasteiger partial charge in [-0.3, -0.25) is 0 Å². The van der Waals surface area contributed by atoms with Crippen molar-refractivity contribution in [3.05, 3.63) is 60.1 Å². The van der Waals surface area contributed by atoms with Crippen molar-refractivity contribution in [2.75, 3.05) is 12.4 Å². The van der Waals surface area contributed by atoms with Gasteiger partial charge in [0.2, 0.25) is 5.88 Å². The molecule has 1 aliphatic carbocycles. The van der Waals surface area contributed by atoms with Gasteiger partial charge in [0.25, 0.3) is 0 Å². The number of aromatic amines is 1. The molecule has 13 heteroatoms. The summed E-state index contributed by atoms with van der Waals surface area (Å²) < 4.78 is 69.5. The smallest absolute Gasteiger partial charge is 0.434 e. The van der Waals surface area contributed by atoms with Crippen molar-refractivity contribution < 1.29 is 22.0 Å². The molecule has 10 nitrogen and oxygen atoms in total. The average molecular weight is 553 g/mol. The molecule has 4 heterocycles. The van der Waals surface area contributed by atoms with Crippen LogP contribution in [-0.2, 0) is 12.7 Å². The summed E-state index contributed by atoms with van der Waals surface area (Å²) in [5.41, 5.74) is 2.22. The maximum Gasteiger partial charge on any atom is 0.434 e. The number of benzene rings is 1. The zero-order valence-corrected chi connectivity index (χ0v) is 21.5. The van der Waals surface area contributed by atoms with E-state index in [1.165, 1.54) is 17.2 Å². The van der Waals surface area contributed by atoms with Gasteiger partial charge in [0.1, 0.15) is 23.2 Å². The number of rotatable bonds is 8. The Balaban J connectivity index is 1.30. The number of imidazole rings is 2. The summed E-state index contributed by atoms with van der Waals surface area (Å²) in [7, 11) is -2.74. The molecule has 206 valence electrons. The molecule has 0 bridgehead atoms. The van der Waals surface area contributed by atoms with Crippen LogP contribution in [0, 0.1) is 0 Å². The maximum atomic E-state index is 13.3. The fourth-order valence-electron chi connectivity index (χ4n) is 4.50. The Kier molecular flexibility index (Phi) is 5.51. The Morgan fingerprint density at radius 3 is 2.62 bits per heavy atom. The molecule has 4 aromatic heterocycles. The molecular formula is C27H26F3N9O. The number of nitrogens with one attached hydrogen (secondary N) is 2. The number of anilines is 1. The van der Waals surface area contributed by atoms with Crippen LogP contribution in [0.1, 0.15) is 59.7 Å². The largest absolute Gasteiger partial charge is 0.480 e. The number of hydrogen-bond acceptors (Lipinski definition) is 8. The molecule has 40 heavy (non-hydrogen) atoms. The van der Waals surface area contributed by atoms with Crippen LogP contribution in [0.15, 0.2) is 43.1 Å². The van der Waals surface area contributed by atoms with Crippen molar-refractivity contribution in [2.45, 2.75) is 51.4 Å². The molecule has 1 aliphatic rings. The van der Waals surface area contributed by atoms with Gasteiger partial charge in [-0.05, 0) is 32.3 Å². The fraction of sp³-hybridized carbons (Fsp3) is 0.333. The molecule has 2 N–H and O–H groups in total. The highest BCUT2D eigenvalue weighted by atomic mass is 19.4. The van der Waals surface area contributed by atoms with Gasteiger partial charge in [0.05, 0.1) is 23.2 Å². The molecule has 0 aliphatic heterocycles. The molecule has 1 aromatic carbocycles. The summed E-state index contributed by atoms with van der Waals surface area (Å²) in [6.07, 6.45) is 0.997. The molecule has 0 atom stereocenters. The van der Waals surface area contributed by atoms with Crippen LogP contribution in [0.4, 0.5) is 19.0 Å². The minimum Gasteiger partial charge on any atom is -0.480 e. The van der Waals surface area contributed by atoms with Crippen molar-refractivity contribution in [3.8, 4) is 28.7 Å². The molecule has 1 fully saturated rings. The minimum atomic E-state index is -4.54. The van der Waals surface area contributed by atoms with Gasteiger partial charge in [-0.15, -0.1) is 0 Å². The highest BCUT2D eigenvalue weighted by Gasteiger charge is 2.35. The maximum absolute atomic E-state index is 13.3. The molecule has 1 saturated carbocycles. The predicted molar refractivity (Wildman–Crippen MR) is 142 cm³/mol. The molecule has 0 radical (unpaired) electrons. The van der Waals surface area contributed by atoms with E-state index in [0.29, 0.717) is 40.3 Å². The van der Waals surface area contributed by atoms with Crippen molar-refractivity contribution in [1.82, 2.24) is 39.5 Å². The Morgan fingerprint density at radius 1 is 1.12 bits per heavy atom. The van der Waals surface area contributed by atoms with Crippen LogP contribution in [0.3, 0.4) is 0 Å². The first-order chi connectivity index (χ1) is 20.4. The zero-order valence-electron chi connectivity index (χ0n) is 24.5. The summed E-state index contributed by atoms with van der Waals surface area (Å²) >= 11 is 0. The Labute approximate surface area is 231 Å². The predicted octanol–water partition coefficient (Wildman–Crippen LogP) is 5.77. The quantitative estimate of drug-likeness (QED) is 0.249. The van der Waals surface area contributed by atoms with Gasteiger partial charge in [-0.1, -0.05) is 24.3 Å². The van der Waals surface area contributed by atoms with Crippen LogP contribution in [-0.4, -0.2) is 46.5 Å². The molecular weight excluding hydrogens is 523 g/mol. The Bertz CT molecular complexity index is 1780. The van der Waals surface area contributed by atoms with Crippen LogP contribution < -0.4 is 10.1 Å². The lowest BCUT2D eigenvalue weighted by molar-refractivity contribution is -0.140. The second kappa shape index (κ2) is 9.88. The molecule has 0 amide bonds. The zero-order chi connectivity index (χ0) is 30.5. The standard InChI is InChI=1S/C27H26F3N9O/c1-14(2)39-11-18(27(28,29)30)36-25(39)17-6-4-15(5-7-17)10-31-23-21-24(34-12-33-21)38-22(37-23)19-20(16-8-9-16)32-13-35-26(19)40-3/h4-7,11-14,16H,8-10H2,1-3H3,(H2,31,33,34,37,38)/i3D3. The number of hydrogen-bond donors (Lipinski definition) is 2. The monoisotopic (exact) mass is 552 g/mol.